The second-order valence-electron chi connectivity index (χ2n) is 6.52. The van der Waals surface area contributed by atoms with Gasteiger partial charge < -0.3 is 9.88 Å². The SMILES string of the molecule is CN1CCN(Cc2ccccc2-c2ccc3[nH]ccc3c2)CC1. The van der Waals surface area contributed by atoms with Crippen molar-refractivity contribution in [3.05, 3.63) is 60.3 Å². The second-order valence-corrected chi connectivity index (χ2v) is 6.52. The third-order valence-corrected chi connectivity index (χ3v) is 4.87. The smallest absolute Gasteiger partial charge is 0.0454 e. The van der Waals surface area contributed by atoms with Crippen molar-refractivity contribution in [3.63, 3.8) is 0 Å². The molecule has 0 aliphatic carbocycles. The molecule has 23 heavy (non-hydrogen) atoms. The number of benzene rings is 2. The van der Waals surface area contributed by atoms with E-state index in [0.29, 0.717) is 0 Å². The van der Waals surface area contributed by atoms with Gasteiger partial charge in [0.05, 0.1) is 0 Å². The zero-order valence-electron chi connectivity index (χ0n) is 13.6. The third kappa shape index (κ3) is 3.03. The Balaban J connectivity index is 1.63. The first-order valence-electron chi connectivity index (χ1n) is 8.36. The molecule has 2 heterocycles. The fourth-order valence-corrected chi connectivity index (χ4v) is 3.41. The van der Waals surface area contributed by atoms with E-state index in [1.54, 1.807) is 0 Å². The third-order valence-electron chi connectivity index (χ3n) is 4.87. The molecule has 1 aromatic heterocycles. The van der Waals surface area contributed by atoms with E-state index in [4.69, 9.17) is 0 Å². The monoisotopic (exact) mass is 305 g/mol. The van der Waals surface area contributed by atoms with E-state index in [0.717, 1.165) is 32.7 Å². The van der Waals surface area contributed by atoms with Gasteiger partial charge in [-0.15, -0.1) is 0 Å². The van der Waals surface area contributed by atoms with Crippen LogP contribution in [0.4, 0.5) is 0 Å². The molecule has 0 bridgehead atoms. The molecule has 3 aromatic rings. The van der Waals surface area contributed by atoms with Crippen LogP contribution >= 0.6 is 0 Å². The first-order valence-corrected chi connectivity index (χ1v) is 8.36. The number of rotatable bonds is 3. The van der Waals surface area contributed by atoms with Crippen LogP contribution in [0.3, 0.4) is 0 Å². The largest absolute Gasteiger partial charge is 0.361 e. The number of fused-ring (bicyclic) bond motifs is 1. The Hall–Kier alpha value is -2.10. The minimum Gasteiger partial charge on any atom is -0.361 e. The van der Waals surface area contributed by atoms with E-state index in [1.165, 1.54) is 27.6 Å². The van der Waals surface area contributed by atoms with E-state index in [1.807, 2.05) is 6.20 Å². The summed E-state index contributed by atoms with van der Waals surface area (Å²) in [6, 6.07) is 17.7. The van der Waals surface area contributed by atoms with Crippen LogP contribution in [0.5, 0.6) is 0 Å². The summed E-state index contributed by atoms with van der Waals surface area (Å²) in [7, 11) is 2.21. The Kier molecular flexibility index (Phi) is 3.90. The molecule has 0 atom stereocenters. The molecule has 1 aliphatic heterocycles. The highest BCUT2D eigenvalue weighted by atomic mass is 15.2. The van der Waals surface area contributed by atoms with Crippen LogP contribution in [0, 0.1) is 0 Å². The van der Waals surface area contributed by atoms with Crippen molar-refractivity contribution in [2.75, 3.05) is 33.2 Å². The molecule has 1 saturated heterocycles. The number of aromatic nitrogens is 1. The van der Waals surface area contributed by atoms with Gasteiger partial charge in [-0.2, -0.15) is 0 Å². The summed E-state index contributed by atoms with van der Waals surface area (Å²) >= 11 is 0. The Labute approximate surface area is 137 Å². The lowest BCUT2D eigenvalue weighted by atomic mass is 9.98. The highest BCUT2D eigenvalue weighted by Gasteiger charge is 2.15. The van der Waals surface area contributed by atoms with E-state index in [-0.39, 0.29) is 0 Å². The molecule has 0 amide bonds. The number of H-pyrrole nitrogens is 1. The molecular formula is C20H23N3. The number of nitrogens with one attached hydrogen (secondary N) is 1. The summed E-state index contributed by atoms with van der Waals surface area (Å²) in [5.41, 5.74) is 5.29. The fourth-order valence-electron chi connectivity index (χ4n) is 3.41. The number of hydrogen-bond acceptors (Lipinski definition) is 2. The molecule has 0 saturated carbocycles. The molecular weight excluding hydrogens is 282 g/mol. The molecule has 4 rings (SSSR count). The molecule has 1 N–H and O–H groups in total. The zero-order chi connectivity index (χ0) is 15.6. The molecule has 3 nitrogen and oxygen atoms in total. The van der Waals surface area contributed by atoms with Crippen LogP contribution < -0.4 is 0 Å². The van der Waals surface area contributed by atoms with E-state index in [9.17, 15) is 0 Å². The molecule has 2 aromatic carbocycles. The Morgan fingerprint density at radius 1 is 0.957 bits per heavy atom. The van der Waals surface area contributed by atoms with Crippen molar-refractivity contribution in [1.29, 1.82) is 0 Å². The predicted molar refractivity (Wildman–Crippen MR) is 96.5 cm³/mol. The molecule has 0 spiro atoms. The van der Waals surface area contributed by atoms with Gasteiger partial charge in [-0.1, -0.05) is 30.3 Å². The summed E-state index contributed by atoms with van der Waals surface area (Å²) in [5.74, 6) is 0. The first kappa shape index (κ1) is 14.5. The topological polar surface area (TPSA) is 22.3 Å². The maximum atomic E-state index is 3.27. The van der Waals surface area contributed by atoms with Crippen LogP contribution in [0.2, 0.25) is 0 Å². The van der Waals surface area contributed by atoms with Crippen molar-refractivity contribution in [3.8, 4) is 11.1 Å². The Morgan fingerprint density at radius 3 is 2.65 bits per heavy atom. The van der Waals surface area contributed by atoms with Gasteiger partial charge >= 0.3 is 0 Å². The van der Waals surface area contributed by atoms with Gasteiger partial charge in [0.25, 0.3) is 0 Å². The number of piperazine rings is 1. The second kappa shape index (κ2) is 6.19. The predicted octanol–water partition coefficient (Wildman–Crippen LogP) is 3.58. The molecule has 0 radical (unpaired) electrons. The van der Waals surface area contributed by atoms with E-state index >= 15 is 0 Å². The van der Waals surface area contributed by atoms with Gasteiger partial charge in [-0.05, 0) is 47.3 Å². The van der Waals surface area contributed by atoms with Crippen LogP contribution in [-0.4, -0.2) is 48.0 Å². The maximum Gasteiger partial charge on any atom is 0.0454 e. The lowest BCUT2D eigenvalue weighted by Gasteiger charge is -2.32. The van der Waals surface area contributed by atoms with Crippen molar-refractivity contribution in [2.24, 2.45) is 0 Å². The van der Waals surface area contributed by atoms with Gasteiger partial charge in [-0.25, -0.2) is 0 Å². The average molecular weight is 305 g/mol. The quantitative estimate of drug-likeness (QED) is 0.799. The normalized spacial score (nSPS) is 16.9. The molecule has 118 valence electrons. The van der Waals surface area contributed by atoms with Crippen molar-refractivity contribution >= 4 is 10.9 Å². The first-order chi connectivity index (χ1) is 11.3. The minimum atomic E-state index is 1.04. The summed E-state index contributed by atoms with van der Waals surface area (Å²) in [4.78, 5) is 8.24. The summed E-state index contributed by atoms with van der Waals surface area (Å²) in [6.07, 6.45) is 2.00. The number of aromatic amines is 1. The lowest BCUT2D eigenvalue weighted by Crippen LogP contribution is -2.43. The molecule has 1 fully saturated rings. The van der Waals surface area contributed by atoms with Crippen LogP contribution in [0.15, 0.2) is 54.7 Å². The van der Waals surface area contributed by atoms with Crippen molar-refractivity contribution < 1.29 is 0 Å². The van der Waals surface area contributed by atoms with Crippen molar-refractivity contribution in [1.82, 2.24) is 14.8 Å². The van der Waals surface area contributed by atoms with Gasteiger partial charge in [0, 0.05) is 44.4 Å². The standard InChI is InChI=1S/C20H23N3/c1-22-10-12-23(13-11-22)15-18-4-2-3-5-19(18)16-6-7-20-17(14-16)8-9-21-20/h2-9,14,21H,10-13,15H2,1H3. The number of hydrogen-bond donors (Lipinski definition) is 1. The highest BCUT2D eigenvalue weighted by Crippen LogP contribution is 2.28. The summed E-state index contributed by atoms with van der Waals surface area (Å²) < 4.78 is 0. The fraction of sp³-hybridized carbons (Fsp3) is 0.300. The maximum absolute atomic E-state index is 3.27. The average Bonchev–Trinajstić information content (AvgIpc) is 3.05. The van der Waals surface area contributed by atoms with Crippen LogP contribution in [0.1, 0.15) is 5.56 Å². The van der Waals surface area contributed by atoms with Crippen LogP contribution in [-0.2, 0) is 6.54 Å². The molecule has 0 unspecified atom stereocenters. The number of nitrogens with zero attached hydrogens (tertiary/aromatic N) is 2. The Bertz CT molecular complexity index is 797. The molecule has 1 aliphatic rings. The molecule has 3 heteroatoms. The van der Waals surface area contributed by atoms with E-state index < -0.39 is 0 Å². The lowest BCUT2D eigenvalue weighted by molar-refractivity contribution is 0.148. The summed E-state index contributed by atoms with van der Waals surface area (Å²) in [5, 5.41) is 1.27. The van der Waals surface area contributed by atoms with Gasteiger partial charge in [-0.3, -0.25) is 4.90 Å². The zero-order valence-corrected chi connectivity index (χ0v) is 13.6. The van der Waals surface area contributed by atoms with Gasteiger partial charge in [0.1, 0.15) is 0 Å². The van der Waals surface area contributed by atoms with Crippen LogP contribution in [0.25, 0.3) is 22.0 Å². The number of likely N-dealkylation sites (N-methyl/N-ethyl adjacent to an activating group) is 1. The highest BCUT2D eigenvalue weighted by molar-refractivity contribution is 5.85. The van der Waals surface area contributed by atoms with Gasteiger partial charge in [0.15, 0.2) is 0 Å². The van der Waals surface area contributed by atoms with Gasteiger partial charge in [0.2, 0.25) is 0 Å². The van der Waals surface area contributed by atoms with Crippen molar-refractivity contribution in [2.45, 2.75) is 6.54 Å². The summed E-state index contributed by atoms with van der Waals surface area (Å²) in [6.45, 7) is 5.67. The minimum absolute atomic E-state index is 1.04. The van der Waals surface area contributed by atoms with E-state index in [2.05, 4.69) is 70.4 Å². The Morgan fingerprint density at radius 2 is 1.78 bits per heavy atom.